The zero-order chi connectivity index (χ0) is 21.4. The second kappa shape index (κ2) is 10.7. The highest BCUT2D eigenvalue weighted by Crippen LogP contribution is 2.16. The molecule has 156 valence electrons. The van der Waals surface area contributed by atoms with Crippen LogP contribution in [0.15, 0.2) is 48.5 Å². The molecule has 2 aromatic rings. The van der Waals surface area contributed by atoms with E-state index in [2.05, 4.69) is 5.32 Å². The molecule has 2 amide bonds. The Labute approximate surface area is 173 Å². The number of aryl methyl sites for hydroxylation is 2. The number of rotatable bonds is 9. The molecule has 1 unspecified atom stereocenters. The van der Waals surface area contributed by atoms with Gasteiger partial charge in [-0.15, -0.1) is 0 Å². The minimum Gasteiger partial charge on any atom is -0.352 e. The minimum atomic E-state index is -0.562. The summed E-state index contributed by atoms with van der Waals surface area (Å²) in [5, 5.41) is 2.91. The van der Waals surface area contributed by atoms with Crippen LogP contribution in [0.25, 0.3) is 0 Å². The lowest BCUT2D eigenvalue weighted by atomic mass is 10.0. The highest BCUT2D eigenvalue weighted by Gasteiger charge is 2.28. The normalized spacial score (nSPS) is 11.9. The van der Waals surface area contributed by atoms with Gasteiger partial charge in [-0.2, -0.15) is 0 Å². The Hall–Kier alpha value is -2.69. The molecular weight excluding hydrogens is 367 g/mol. The van der Waals surface area contributed by atoms with Crippen LogP contribution in [-0.4, -0.2) is 28.8 Å². The Bertz CT molecular complexity index is 801. The fraction of sp³-hybridized carbons (Fsp3) is 0.417. The van der Waals surface area contributed by atoms with Crippen molar-refractivity contribution < 1.29 is 14.0 Å². The second-order valence-corrected chi connectivity index (χ2v) is 7.72. The van der Waals surface area contributed by atoms with Crippen LogP contribution < -0.4 is 5.32 Å². The van der Waals surface area contributed by atoms with Gasteiger partial charge in [-0.25, -0.2) is 4.39 Å². The Morgan fingerprint density at radius 2 is 1.59 bits per heavy atom. The molecule has 0 radical (unpaired) electrons. The maximum Gasteiger partial charge on any atom is 0.243 e. The number of hydrogen-bond acceptors (Lipinski definition) is 2. The Morgan fingerprint density at radius 3 is 2.14 bits per heavy atom. The van der Waals surface area contributed by atoms with Crippen LogP contribution >= 0.6 is 0 Å². The third kappa shape index (κ3) is 7.00. The maximum absolute atomic E-state index is 13.3. The lowest BCUT2D eigenvalue weighted by molar-refractivity contribution is -0.141. The third-order valence-corrected chi connectivity index (χ3v) is 4.83. The van der Waals surface area contributed by atoms with Crippen molar-refractivity contribution in [3.63, 3.8) is 0 Å². The number of hydrogen-bond donors (Lipinski definition) is 1. The number of nitrogens with zero attached hydrogens (tertiary/aromatic N) is 1. The van der Waals surface area contributed by atoms with Crippen molar-refractivity contribution in [3.05, 3.63) is 71.0 Å². The summed E-state index contributed by atoms with van der Waals surface area (Å²) in [6.07, 6.45) is 1.44. The van der Waals surface area contributed by atoms with Crippen molar-refractivity contribution in [2.75, 3.05) is 0 Å². The van der Waals surface area contributed by atoms with Gasteiger partial charge in [-0.05, 0) is 56.9 Å². The molecule has 4 nitrogen and oxygen atoms in total. The topological polar surface area (TPSA) is 49.4 Å². The second-order valence-electron chi connectivity index (χ2n) is 7.72. The van der Waals surface area contributed by atoms with Crippen LogP contribution in [0.2, 0.25) is 0 Å². The van der Waals surface area contributed by atoms with E-state index in [1.807, 2.05) is 52.0 Å². The van der Waals surface area contributed by atoms with Crippen LogP contribution in [-0.2, 0) is 22.6 Å². The van der Waals surface area contributed by atoms with E-state index in [1.54, 1.807) is 17.0 Å². The van der Waals surface area contributed by atoms with Gasteiger partial charge in [-0.1, -0.05) is 48.9 Å². The van der Waals surface area contributed by atoms with Crippen molar-refractivity contribution in [1.29, 1.82) is 0 Å². The maximum atomic E-state index is 13.3. The van der Waals surface area contributed by atoms with E-state index in [0.717, 1.165) is 11.1 Å². The smallest absolute Gasteiger partial charge is 0.243 e. The van der Waals surface area contributed by atoms with Gasteiger partial charge in [-0.3, -0.25) is 9.59 Å². The molecule has 2 aromatic carbocycles. The van der Waals surface area contributed by atoms with Gasteiger partial charge in [0, 0.05) is 19.0 Å². The molecule has 0 saturated carbocycles. The summed E-state index contributed by atoms with van der Waals surface area (Å²) in [4.78, 5) is 27.5. The van der Waals surface area contributed by atoms with Crippen LogP contribution in [0, 0.1) is 12.7 Å². The average molecular weight is 399 g/mol. The zero-order valence-electron chi connectivity index (χ0n) is 17.7. The molecule has 0 aliphatic heterocycles. The molecule has 2 rings (SSSR count). The molecule has 5 heteroatoms. The van der Waals surface area contributed by atoms with Crippen molar-refractivity contribution in [3.8, 4) is 0 Å². The van der Waals surface area contributed by atoms with Crippen molar-refractivity contribution >= 4 is 11.8 Å². The monoisotopic (exact) mass is 398 g/mol. The minimum absolute atomic E-state index is 0.00752. The Kier molecular flexibility index (Phi) is 8.37. The van der Waals surface area contributed by atoms with Crippen LogP contribution in [0.5, 0.6) is 0 Å². The number of carbonyl (C=O) groups is 2. The Morgan fingerprint density at radius 1 is 1.00 bits per heavy atom. The quantitative estimate of drug-likeness (QED) is 0.681. The van der Waals surface area contributed by atoms with Gasteiger partial charge in [0.1, 0.15) is 11.9 Å². The van der Waals surface area contributed by atoms with Crippen molar-refractivity contribution in [1.82, 2.24) is 10.2 Å². The van der Waals surface area contributed by atoms with E-state index >= 15 is 0 Å². The number of halogens is 1. The highest BCUT2D eigenvalue weighted by molar-refractivity contribution is 5.87. The lowest BCUT2D eigenvalue weighted by Crippen LogP contribution is -2.50. The van der Waals surface area contributed by atoms with E-state index in [1.165, 1.54) is 17.7 Å². The summed E-state index contributed by atoms with van der Waals surface area (Å²) < 4.78 is 13.3. The molecule has 0 aliphatic carbocycles. The van der Waals surface area contributed by atoms with E-state index in [0.29, 0.717) is 19.3 Å². The van der Waals surface area contributed by atoms with Gasteiger partial charge in [0.2, 0.25) is 11.8 Å². The highest BCUT2D eigenvalue weighted by atomic mass is 19.1. The van der Waals surface area contributed by atoms with Gasteiger partial charge in [0.05, 0.1) is 0 Å². The molecule has 0 spiro atoms. The summed E-state index contributed by atoms with van der Waals surface area (Å²) >= 11 is 0. The first-order chi connectivity index (χ1) is 13.8. The first-order valence-electron chi connectivity index (χ1n) is 10.2. The molecule has 0 bridgehead atoms. The number of nitrogens with one attached hydrogen (secondary N) is 1. The molecule has 0 aromatic heterocycles. The van der Waals surface area contributed by atoms with E-state index in [9.17, 15) is 14.0 Å². The predicted octanol–water partition coefficient (Wildman–Crippen LogP) is 4.40. The zero-order valence-corrected chi connectivity index (χ0v) is 17.7. The average Bonchev–Trinajstić information content (AvgIpc) is 2.68. The van der Waals surface area contributed by atoms with Gasteiger partial charge in [0.25, 0.3) is 0 Å². The standard InChI is InChI=1S/C24H31FN2O2/c1-5-22(24(29)26-17(2)3)27(16-20-10-13-21(25)14-11-20)23(28)15-12-19-8-6-18(4)7-9-19/h6-11,13-14,17,22H,5,12,15-16H2,1-4H3,(H,26,29). The largest absolute Gasteiger partial charge is 0.352 e. The number of carbonyl (C=O) groups excluding carboxylic acids is 2. The SMILES string of the molecule is CCC(C(=O)NC(C)C)N(Cc1ccc(F)cc1)C(=O)CCc1ccc(C)cc1. The third-order valence-electron chi connectivity index (χ3n) is 4.83. The molecule has 0 saturated heterocycles. The molecule has 1 atom stereocenters. The summed E-state index contributed by atoms with van der Waals surface area (Å²) in [6.45, 7) is 7.99. The van der Waals surface area contributed by atoms with Crippen molar-refractivity contribution in [2.24, 2.45) is 0 Å². The van der Waals surface area contributed by atoms with E-state index < -0.39 is 6.04 Å². The first-order valence-corrected chi connectivity index (χ1v) is 10.2. The van der Waals surface area contributed by atoms with Crippen LogP contribution in [0.3, 0.4) is 0 Å². The lowest BCUT2D eigenvalue weighted by Gasteiger charge is -2.31. The fourth-order valence-electron chi connectivity index (χ4n) is 3.24. The summed E-state index contributed by atoms with van der Waals surface area (Å²) in [5.41, 5.74) is 3.06. The van der Waals surface area contributed by atoms with E-state index in [-0.39, 0.29) is 30.2 Å². The molecular formula is C24H31FN2O2. The molecule has 0 heterocycles. The van der Waals surface area contributed by atoms with Gasteiger partial charge in [0.15, 0.2) is 0 Å². The number of benzene rings is 2. The van der Waals surface area contributed by atoms with Gasteiger partial charge >= 0.3 is 0 Å². The summed E-state index contributed by atoms with van der Waals surface area (Å²) in [5.74, 6) is -0.565. The molecule has 0 aliphatic rings. The van der Waals surface area contributed by atoms with Gasteiger partial charge < -0.3 is 10.2 Å². The molecule has 29 heavy (non-hydrogen) atoms. The first kappa shape index (κ1) is 22.6. The Balaban J connectivity index is 2.18. The molecule has 1 N–H and O–H groups in total. The van der Waals surface area contributed by atoms with Crippen LogP contribution in [0.1, 0.15) is 50.3 Å². The summed E-state index contributed by atoms with van der Waals surface area (Å²) in [7, 11) is 0. The van der Waals surface area contributed by atoms with Crippen molar-refractivity contribution in [2.45, 2.75) is 65.6 Å². The van der Waals surface area contributed by atoms with Crippen LogP contribution in [0.4, 0.5) is 4.39 Å². The predicted molar refractivity (Wildman–Crippen MR) is 114 cm³/mol. The number of amides is 2. The fourth-order valence-corrected chi connectivity index (χ4v) is 3.24. The summed E-state index contributed by atoms with van der Waals surface area (Å²) in [6, 6.07) is 13.6. The molecule has 0 fully saturated rings. The van der Waals surface area contributed by atoms with E-state index in [4.69, 9.17) is 0 Å².